The molecule has 5 nitrogen and oxygen atoms in total. The molecule has 0 spiro atoms. The Hall–Kier alpha value is -1.75. The number of nitrogens with zero attached hydrogens (tertiary/aromatic N) is 2. The van der Waals surface area contributed by atoms with Crippen LogP contribution in [0.2, 0.25) is 5.02 Å². The maximum absolute atomic E-state index is 13.1. The van der Waals surface area contributed by atoms with Crippen LogP contribution in [0.25, 0.3) is 0 Å². The number of halogens is 1. The third kappa shape index (κ3) is 5.90. The largest absolute Gasteiger partial charge is 0.493 e. The number of ether oxygens (including phenoxy) is 1. The number of carbonyl (C=O) groups excluding carboxylic acids is 2. The van der Waals surface area contributed by atoms with Crippen LogP contribution in [0.3, 0.4) is 0 Å². The van der Waals surface area contributed by atoms with Gasteiger partial charge in [-0.2, -0.15) is 0 Å². The molecule has 3 rings (SSSR count). The van der Waals surface area contributed by atoms with E-state index in [4.69, 9.17) is 16.3 Å². The zero-order valence-electron chi connectivity index (χ0n) is 18.6. The summed E-state index contributed by atoms with van der Waals surface area (Å²) in [5.74, 6) is 1.17. The third-order valence-corrected chi connectivity index (χ3v) is 6.60. The number of hydrogen-bond acceptors (Lipinski definition) is 3. The van der Waals surface area contributed by atoms with Crippen molar-refractivity contribution in [2.45, 2.75) is 59.3 Å². The van der Waals surface area contributed by atoms with Crippen molar-refractivity contribution in [2.75, 3.05) is 32.8 Å². The first-order chi connectivity index (χ1) is 14.2. The molecule has 0 aromatic heterocycles. The van der Waals surface area contributed by atoms with Gasteiger partial charge in [-0.05, 0) is 56.4 Å². The minimum Gasteiger partial charge on any atom is -0.493 e. The van der Waals surface area contributed by atoms with E-state index in [-0.39, 0.29) is 22.6 Å². The highest BCUT2D eigenvalue weighted by atomic mass is 35.5. The highest BCUT2D eigenvalue weighted by molar-refractivity contribution is 6.30. The topological polar surface area (TPSA) is 49.9 Å². The number of carbonyl (C=O) groups is 2. The SMILES string of the molecule is CC(C)(C)C(=O)N1CCC(COc2ccc(Cl)cc2)(CC(=O)N2CCCCC2)CC1. The van der Waals surface area contributed by atoms with Gasteiger partial charge in [-0.1, -0.05) is 32.4 Å². The first-order valence-electron chi connectivity index (χ1n) is 11.1. The molecule has 0 N–H and O–H groups in total. The molecule has 2 fully saturated rings. The van der Waals surface area contributed by atoms with Crippen LogP contribution < -0.4 is 4.74 Å². The minimum atomic E-state index is -0.385. The van der Waals surface area contributed by atoms with Crippen molar-refractivity contribution in [3.8, 4) is 5.75 Å². The Bertz CT molecular complexity index is 728. The smallest absolute Gasteiger partial charge is 0.227 e. The van der Waals surface area contributed by atoms with Gasteiger partial charge in [0, 0.05) is 48.5 Å². The van der Waals surface area contributed by atoms with E-state index in [9.17, 15) is 9.59 Å². The second-order valence-corrected chi connectivity index (χ2v) is 10.3. The fourth-order valence-corrected chi connectivity index (χ4v) is 4.50. The predicted molar refractivity (Wildman–Crippen MR) is 120 cm³/mol. The molecule has 0 radical (unpaired) electrons. The highest BCUT2D eigenvalue weighted by Crippen LogP contribution is 2.38. The van der Waals surface area contributed by atoms with Gasteiger partial charge >= 0.3 is 0 Å². The molecule has 0 bridgehead atoms. The Morgan fingerprint density at radius 3 is 2.13 bits per heavy atom. The molecule has 2 aliphatic heterocycles. The normalized spacial score (nSPS) is 19.5. The molecule has 0 atom stereocenters. The molecule has 2 saturated heterocycles. The Morgan fingerprint density at radius 1 is 0.967 bits per heavy atom. The zero-order valence-corrected chi connectivity index (χ0v) is 19.3. The van der Waals surface area contributed by atoms with Crippen LogP contribution in [0.1, 0.15) is 59.3 Å². The summed E-state index contributed by atoms with van der Waals surface area (Å²) in [6, 6.07) is 7.35. The highest BCUT2D eigenvalue weighted by Gasteiger charge is 2.41. The van der Waals surface area contributed by atoms with E-state index in [2.05, 4.69) is 0 Å². The summed E-state index contributed by atoms with van der Waals surface area (Å²) in [5, 5.41) is 0.673. The molecule has 2 aliphatic rings. The molecule has 30 heavy (non-hydrogen) atoms. The lowest BCUT2D eigenvalue weighted by molar-refractivity contribution is -0.143. The van der Waals surface area contributed by atoms with Gasteiger partial charge in [0.1, 0.15) is 5.75 Å². The van der Waals surface area contributed by atoms with Gasteiger partial charge in [-0.3, -0.25) is 9.59 Å². The van der Waals surface area contributed by atoms with Crippen LogP contribution >= 0.6 is 11.6 Å². The molecule has 0 saturated carbocycles. The molecule has 6 heteroatoms. The third-order valence-electron chi connectivity index (χ3n) is 6.35. The van der Waals surface area contributed by atoms with Crippen molar-refractivity contribution in [2.24, 2.45) is 10.8 Å². The number of rotatable bonds is 5. The summed E-state index contributed by atoms with van der Waals surface area (Å²) in [7, 11) is 0. The average molecular weight is 435 g/mol. The lowest BCUT2D eigenvalue weighted by atomic mass is 9.75. The minimum absolute atomic E-state index is 0.178. The van der Waals surface area contributed by atoms with E-state index in [0.717, 1.165) is 44.5 Å². The first-order valence-corrected chi connectivity index (χ1v) is 11.5. The maximum Gasteiger partial charge on any atom is 0.227 e. The zero-order chi connectivity index (χ0) is 21.8. The van der Waals surface area contributed by atoms with Crippen molar-refractivity contribution in [1.29, 1.82) is 0 Å². The summed E-state index contributed by atoms with van der Waals surface area (Å²) >= 11 is 5.98. The van der Waals surface area contributed by atoms with Gasteiger partial charge in [0.05, 0.1) is 6.61 Å². The van der Waals surface area contributed by atoms with Crippen LogP contribution in [0.4, 0.5) is 0 Å². The van der Waals surface area contributed by atoms with E-state index < -0.39 is 0 Å². The van der Waals surface area contributed by atoms with Crippen molar-refractivity contribution < 1.29 is 14.3 Å². The summed E-state index contributed by atoms with van der Waals surface area (Å²) in [6.45, 7) is 9.43. The van der Waals surface area contributed by atoms with Gasteiger partial charge in [0.2, 0.25) is 11.8 Å². The quantitative estimate of drug-likeness (QED) is 0.670. The van der Waals surface area contributed by atoms with Crippen molar-refractivity contribution in [3.05, 3.63) is 29.3 Å². The maximum atomic E-state index is 13.1. The molecular formula is C24H35ClN2O3. The fourth-order valence-electron chi connectivity index (χ4n) is 4.37. The van der Waals surface area contributed by atoms with E-state index >= 15 is 0 Å². The molecule has 2 amide bonds. The molecule has 0 unspecified atom stereocenters. The summed E-state index contributed by atoms with van der Waals surface area (Å²) in [4.78, 5) is 29.8. The lowest BCUT2D eigenvalue weighted by Gasteiger charge is -2.43. The van der Waals surface area contributed by atoms with Crippen LogP contribution in [-0.2, 0) is 9.59 Å². The number of hydrogen-bond donors (Lipinski definition) is 0. The van der Waals surface area contributed by atoms with Crippen molar-refractivity contribution >= 4 is 23.4 Å². The molecule has 0 aliphatic carbocycles. The fraction of sp³-hybridized carbons (Fsp3) is 0.667. The molecule has 1 aromatic carbocycles. The Morgan fingerprint density at radius 2 is 1.57 bits per heavy atom. The number of amides is 2. The lowest BCUT2D eigenvalue weighted by Crippen LogP contribution is -2.50. The van der Waals surface area contributed by atoms with Gasteiger partial charge in [0.15, 0.2) is 0 Å². The average Bonchev–Trinajstić information content (AvgIpc) is 2.73. The summed E-state index contributed by atoms with van der Waals surface area (Å²) in [5.41, 5.74) is -0.633. The number of benzene rings is 1. The predicted octanol–water partition coefficient (Wildman–Crippen LogP) is 4.78. The van der Waals surface area contributed by atoms with E-state index in [1.807, 2.05) is 54.8 Å². The number of piperidine rings is 2. The molecular weight excluding hydrogens is 400 g/mol. The van der Waals surface area contributed by atoms with Crippen molar-refractivity contribution in [3.63, 3.8) is 0 Å². The van der Waals surface area contributed by atoms with Gasteiger partial charge in [-0.15, -0.1) is 0 Å². The monoisotopic (exact) mass is 434 g/mol. The summed E-state index contributed by atoms with van der Waals surface area (Å²) in [6.07, 6.45) is 5.43. The first kappa shape index (κ1) is 22.9. The van der Waals surface area contributed by atoms with E-state index in [1.165, 1.54) is 6.42 Å². The standard InChI is InChI=1S/C24H35ClN2O3/c1-23(2,3)22(29)27-15-11-24(12-16-27,17-21(28)26-13-5-4-6-14-26)18-30-20-9-7-19(25)8-10-20/h7-10H,4-6,11-18H2,1-3H3. The van der Waals surface area contributed by atoms with Crippen LogP contribution in [0, 0.1) is 10.8 Å². The molecule has 1 aromatic rings. The van der Waals surface area contributed by atoms with Crippen LogP contribution in [-0.4, -0.2) is 54.4 Å². The number of likely N-dealkylation sites (tertiary alicyclic amines) is 2. The van der Waals surface area contributed by atoms with Gasteiger partial charge in [0.25, 0.3) is 0 Å². The van der Waals surface area contributed by atoms with Gasteiger partial charge < -0.3 is 14.5 Å². The van der Waals surface area contributed by atoms with Crippen LogP contribution in [0.15, 0.2) is 24.3 Å². The van der Waals surface area contributed by atoms with Crippen molar-refractivity contribution in [1.82, 2.24) is 9.80 Å². The Kier molecular flexibility index (Phi) is 7.33. The van der Waals surface area contributed by atoms with E-state index in [0.29, 0.717) is 31.1 Å². The second kappa shape index (κ2) is 9.59. The summed E-state index contributed by atoms with van der Waals surface area (Å²) < 4.78 is 6.12. The Labute approximate surface area is 185 Å². The Balaban J connectivity index is 1.69. The molecule has 2 heterocycles. The van der Waals surface area contributed by atoms with E-state index in [1.54, 1.807) is 0 Å². The van der Waals surface area contributed by atoms with Crippen LogP contribution in [0.5, 0.6) is 5.75 Å². The molecule has 166 valence electrons. The van der Waals surface area contributed by atoms with Gasteiger partial charge in [-0.25, -0.2) is 0 Å². The second-order valence-electron chi connectivity index (χ2n) is 9.90.